The first-order chi connectivity index (χ1) is 8.56. The maximum atomic E-state index is 10.8. The van der Waals surface area contributed by atoms with Crippen LogP contribution in [0.15, 0.2) is 18.2 Å². The SMILES string of the molecule is CC1CCN(Cc2ccc(C(=O)O)cc2Cl)CC1.Cl. The van der Waals surface area contributed by atoms with Gasteiger partial charge < -0.3 is 5.11 Å². The van der Waals surface area contributed by atoms with E-state index in [2.05, 4.69) is 11.8 Å². The van der Waals surface area contributed by atoms with Crippen LogP contribution in [-0.2, 0) is 6.54 Å². The first kappa shape index (κ1) is 16.3. The Labute approximate surface area is 125 Å². The molecule has 1 aliphatic rings. The molecule has 1 saturated heterocycles. The van der Waals surface area contributed by atoms with Gasteiger partial charge in [0.2, 0.25) is 0 Å². The van der Waals surface area contributed by atoms with Gasteiger partial charge in [-0.3, -0.25) is 4.90 Å². The van der Waals surface area contributed by atoms with Crippen molar-refractivity contribution in [1.29, 1.82) is 0 Å². The minimum atomic E-state index is -0.935. The van der Waals surface area contributed by atoms with E-state index in [1.165, 1.54) is 18.9 Å². The normalized spacial score (nSPS) is 16.9. The molecule has 1 N–H and O–H groups in total. The Morgan fingerprint density at radius 1 is 1.42 bits per heavy atom. The number of hydrogen-bond acceptors (Lipinski definition) is 2. The molecule has 0 unspecified atom stereocenters. The van der Waals surface area contributed by atoms with Gasteiger partial charge in [0.1, 0.15) is 0 Å². The van der Waals surface area contributed by atoms with Gasteiger partial charge in [-0.25, -0.2) is 4.79 Å². The van der Waals surface area contributed by atoms with Crippen LogP contribution < -0.4 is 0 Å². The predicted molar refractivity (Wildman–Crippen MR) is 79.3 cm³/mol. The molecule has 1 fully saturated rings. The number of likely N-dealkylation sites (tertiary alicyclic amines) is 1. The van der Waals surface area contributed by atoms with Crippen molar-refractivity contribution < 1.29 is 9.90 Å². The molecule has 3 nitrogen and oxygen atoms in total. The molecule has 1 aliphatic heterocycles. The van der Waals surface area contributed by atoms with E-state index in [0.717, 1.165) is 31.1 Å². The second-order valence-electron chi connectivity index (χ2n) is 5.07. The molecule has 1 aromatic rings. The second-order valence-corrected chi connectivity index (χ2v) is 5.48. The molecule has 1 heterocycles. The zero-order chi connectivity index (χ0) is 13.1. The number of rotatable bonds is 3. The zero-order valence-corrected chi connectivity index (χ0v) is 12.5. The number of carboxylic acid groups (broad SMARTS) is 1. The van der Waals surface area contributed by atoms with E-state index in [1.54, 1.807) is 6.07 Å². The molecule has 1 aromatic carbocycles. The Morgan fingerprint density at radius 3 is 2.58 bits per heavy atom. The van der Waals surface area contributed by atoms with Gasteiger partial charge in [-0.2, -0.15) is 0 Å². The summed E-state index contributed by atoms with van der Waals surface area (Å²) in [6.45, 7) is 5.29. The third-order valence-corrected chi connectivity index (χ3v) is 3.92. The first-order valence-corrected chi connectivity index (χ1v) is 6.68. The highest BCUT2D eigenvalue weighted by atomic mass is 35.5. The van der Waals surface area contributed by atoms with Crippen molar-refractivity contribution in [2.45, 2.75) is 26.3 Å². The summed E-state index contributed by atoms with van der Waals surface area (Å²) in [5.41, 5.74) is 1.26. The van der Waals surface area contributed by atoms with Crippen molar-refractivity contribution >= 4 is 30.0 Å². The van der Waals surface area contributed by atoms with Crippen LogP contribution in [0.25, 0.3) is 0 Å². The minimum absolute atomic E-state index is 0. The van der Waals surface area contributed by atoms with Crippen molar-refractivity contribution in [1.82, 2.24) is 4.90 Å². The number of piperidine rings is 1. The van der Waals surface area contributed by atoms with Gasteiger partial charge >= 0.3 is 5.97 Å². The topological polar surface area (TPSA) is 40.5 Å². The molecular formula is C14H19Cl2NO2. The fourth-order valence-electron chi connectivity index (χ4n) is 2.27. The van der Waals surface area contributed by atoms with Gasteiger partial charge in [0.25, 0.3) is 0 Å². The largest absolute Gasteiger partial charge is 0.478 e. The van der Waals surface area contributed by atoms with Gasteiger partial charge in [0.05, 0.1) is 5.56 Å². The Balaban J connectivity index is 0.00000180. The number of halogens is 2. The molecule has 0 aliphatic carbocycles. The van der Waals surface area contributed by atoms with Gasteiger partial charge in [0.15, 0.2) is 0 Å². The monoisotopic (exact) mass is 303 g/mol. The average molecular weight is 304 g/mol. The number of carbonyl (C=O) groups is 1. The predicted octanol–water partition coefficient (Wildman–Crippen LogP) is 3.69. The lowest BCUT2D eigenvalue weighted by Gasteiger charge is -2.30. The number of nitrogens with zero attached hydrogens (tertiary/aromatic N) is 1. The summed E-state index contributed by atoms with van der Waals surface area (Å²) in [6, 6.07) is 4.98. The minimum Gasteiger partial charge on any atom is -0.478 e. The van der Waals surface area contributed by atoms with Crippen LogP contribution in [0.5, 0.6) is 0 Å². The molecule has 0 saturated carbocycles. The van der Waals surface area contributed by atoms with Gasteiger partial charge in [0, 0.05) is 11.6 Å². The molecule has 0 aromatic heterocycles. The lowest BCUT2D eigenvalue weighted by Crippen LogP contribution is -2.32. The molecule has 0 bridgehead atoms. The van der Waals surface area contributed by atoms with Crippen molar-refractivity contribution in [3.63, 3.8) is 0 Å². The smallest absolute Gasteiger partial charge is 0.335 e. The van der Waals surface area contributed by atoms with Crippen molar-refractivity contribution in [3.8, 4) is 0 Å². The summed E-state index contributed by atoms with van der Waals surface area (Å²) in [5, 5.41) is 9.43. The fraction of sp³-hybridized carbons (Fsp3) is 0.500. The first-order valence-electron chi connectivity index (χ1n) is 6.30. The van der Waals surface area contributed by atoms with Gasteiger partial charge in [-0.05, 0) is 49.5 Å². The number of hydrogen-bond donors (Lipinski definition) is 1. The highest BCUT2D eigenvalue weighted by Gasteiger charge is 2.17. The molecular weight excluding hydrogens is 285 g/mol. The molecule has 0 atom stereocenters. The van der Waals surface area contributed by atoms with E-state index in [9.17, 15) is 4.79 Å². The number of benzene rings is 1. The summed E-state index contributed by atoms with van der Waals surface area (Å²) >= 11 is 6.13. The van der Waals surface area contributed by atoms with Crippen LogP contribution in [-0.4, -0.2) is 29.1 Å². The Kier molecular flexibility index (Phi) is 6.11. The number of aromatic carboxylic acids is 1. The third-order valence-electron chi connectivity index (χ3n) is 3.57. The quantitative estimate of drug-likeness (QED) is 0.926. The Bertz CT molecular complexity index is 443. The van der Waals surface area contributed by atoms with Crippen LogP contribution >= 0.6 is 24.0 Å². The molecule has 0 amide bonds. The van der Waals surface area contributed by atoms with E-state index in [-0.39, 0.29) is 18.0 Å². The van der Waals surface area contributed by atoms with E-state index in [4.69, 9.17) is 16.7 Å². The van der Waals surface area contributed by atoms with Crippen LogP contribution in [0.3, 0.4) is 0 Å². The van der Waals surface area contributed by atoms with Crippen LogP contribution in [0.2, 0.25) is 5.02 Å². The van der Waals surface area contributed by atoms with Gasteiger partial charge in [-0.15, -0.1) is 12.4 Å². The van der Waals surface area contributed by atoms with E-state index >= 15 is 0 Å². The molecule has 5 heteroatoms. The molecule has 0 spiro atoms. The maximum absolute atomic E-state index is 10.8. The summed E-state index contributed by atoms with van der Waals surface area (Å²) in [5.74, 6) is -0.124. The van der Waals surface area contributed by atoms with E-state index in [0.29, 0.717) is 5.02 Å². The summed E-state index contributed by atoms with van der Waals surface area (Å²) in [6.07, 6.45) is 2.45. The fourth-order valence-corrected chi connectivity index (χ4v) is 2.51. The van der Waals surface area contributed by atoms with Crippen molar-refractivity contribution in [2.75, 3.05) is 13.1 Å². The third kappa shape index (κ3) is 4.37. The number of carboxylic acids is 1. The van der Waals surface area contributed by atoms with Crippen molar-refractivity contribution in [3.05, 3.63) is 34.3 Å². The molecule has 19 heavy (non-hydrogen) atoms. The standard InChI is InChI=1S/C14H18ClNO2.ClH/c1-10-4-6-16(7-5-10)9-12-3-2-11(14(17)18)8-13(12)15;/h2-3,8,10H,4-7,9H2,1H3,(H,17,18);1H. The second kappa shape index (κ2) is 7.13. The Hall–Kier alpha value is -0.770. The average Bonchev–Trinajstić information content (AvgIpc) is 2.34. The van der Waals surface area contributed by atoms with Crippen LogP contribution in [0.1, 0.15) is 35.7 Å². The van der Waals surface area contributed by atoms with Crippen LogP contribution in [0.4, 0.5) is 0 Å². The zero-order valence-electron chi connectivity index (χ0n) is 10.9. The van der Waals surface area contributed by atoms with E-state index < -0.39 is 5.97 Å². The lowest BCUT2D eigenvalue weighted by molar-refractivity contribution is 0.0697. The maximum Gasteiger partial charge on any atom is 0.335 e. The highest BCUT2D eigenvalue weighted by Crippen LogP contribution is 2.23. The molecule has 0 radical (unpaired) electrons. The Morgan fingerprint density at radius 2 is 2.05 bits per heavy atom. The molecule has 106 valence electrons. The summed E-state index contributed by atoms with van der Waals surface area (Å²) in [4.78, 5) is 13.2. The van der Waals surface area contributed by atoms with Crippen LogP contribution in [0, 0.1) is 5.92 Å². The van der Waals surface area contributed by atoms with Crippen molar-refractivity contribution in [2.24, 2.45) is 5.92 Å². The molecule has 2 rings (SSSR count). The summed E-state index contributed by atoms with van der Waals surface area (Å²) < 4.78 is 0. The lowest BCUT2D eigenvalue weighted by atomic mass is 9.99. The van der Waals surface area contributed by atoms with Gasteiger partial charge in [-0.1, -0.05) is 24.6 Å². The van der Waals surface area contributed by atoms with E-state index in [1.807, 2.05) is 6.07 Å². The summed E-state index contributed by atoms with van der Waals surface area (Å²) in [7, 11) is 0. The highest BCUT2D eigenvalue weighted by molar-refractivity contribution is 6.31.